The number of hydrogen-bond donors (Lipinski definition) is 3. The smallest absolute Gasteiger partial charge is 0.238 e. The molecule has 0 radical (unpaired) electrons. The van der Waals surface area contributed by atoms with Gasteiger partial charge < -0.3 is 5.73 Å². The number of anilines is 1. The second kappa shape index (κ2) is 7.10. The number of hydrogen-bond acceptors (Lipinski definition) is 4. The van der Waals surface area contributed by atoms with Crippen molar-refractivity contribution >= 4 is 23.4 Å². The van der Waals surface area contributed by atoms with Crippen LogP contribution in [0.3, 0.4) is 0 Å². The van der Waals surface area contributed by atoms with Gasteiger partial charge in [-0.1, -0.05) is 24.3 Å². The highest BCUT2D eigenvalue weighted by atomic mass is 32.2. The van der Waals surface area contributed by atoms with Crippen LogP contribution in [-0.4, -0.2) is 5.91 Å². The van der Waals surface area contributed by atoms with Crippen LogP contribution >= 0.6 is 11.8 Å². The Labute approximate surface area is 126 Å². The molecule has 2 aromatic carbocycles. The lowest BCUT2D eigenvalue weighted by molar-refractivity contribution is -0.120. The van der Waals surface area contributed by atoms with Crippen molar-refractivity contribution in [2.45, 2.75) is 17.1 Å². The van der Waals surface area contributed by atoms with Gasteiger partial charge in [0.1, 0.15) is 5.82 Å². The van der Waals surface area contributed by atoms with Crippen LogP contribution in [0.25, 0.3) is 0 Å². The van der Waals surface area contributed by atoms with Crippen molar-refractivity contribution in [3.63, 3.8) is 0 Å². The Morgan fingerprint density at radius 1 is 1.19 bits per heavy atom. The normalized spacial score (nSPS) is 10.4. The predicted octanol–water partition coefficient (Wildman–Crippen LogP) is 2.23. The van der Waals surface area contributed by atoms with Gasteiger partial charge in [-0.3, -0.25) is 10.2 Å². The molecule has 0 saturated carbocycles. The van der Waals surface area contributed by atoms with Gasteiger partial charge in [-0.2, -0.15) is 0 Å². The van der Waals surface area contributed by atoms with Crippen molar-refractivity contribution in [1.82, 2.24) is 5.43 Å². The van der Waals surface area contributed by atoms with Crippen LogP contribution in [-0.2, 0) is 17.0 Å². The summed E-state index contributed by atoms with van der Waals surface area (Å²) in [6.45, 7) is 0. The molecule has 0 atom stereocenters. The van der Waals surface area contributed by atoms with Gasteiger partial charge in [0.15, 0.2) is 0 Å². The monoisotopic (exact) mass is 305 g/mol. The Morgan fingerprint density at radius 3 is 2.57 bits per heavy atom. The third-order valence-electron chi connectivity index (χ3n) is 2.92. The fraction of sp³-hybridized carbons (Fsp3) is 0.133. The van der Waals surface area contributed by atoms with E-state index >= 15 is 0 Å². The van der Waals surface area contributed by atoms with E-state index in [4.69, 9.17) is 11.6 Å². The summed E-state index contributed by atoms with van der Waals surface area (Å²) in [4.78, 5) is 12.1. The van der Waals surface area contributed by atoms with Crippen molar-refractivity contribution in [2.24, 2.45) is 5.84 Å². The standard InChI is InChI=1S/C15H16FN3OS/c16-12-6-13(17)8-14(7-12)21-9-11-4-2-1-3-10(11)5-15(20)19-18/h1-4,6-8H,5,9,17-18H2,(H,19,20). The number of hydrazine groups is 1. The van der Waals surface area contributed by atoms with Crippen LogP contribution in [0.15, 0.2) is 47.4 Å². The van der Waals surface area contributed by atoms with Crippen molar-refractivity contribution in [1.29, 1.82) is 0 Å². The number of amides is 1. The van der Waals surface area contributed by atoms with Crippen molar-refractivity contribution in [3.05, 3.63) is 59.4 Å². The molecule has 21 heavy (non-hydrogen) atoms. The minimum absolute atomic E-state index is 0.221. The van der Waals surface area contributed by atoms with Crippen LogP contribution in [0.1, 0.15) is 11.1 Å². The zero-order valence-electron chi connectivity index (χ0n) is 11.3. The molecule has 0 spiro atoms. The lowest BCUT2D eigenvalue weighted by Gasteiger charge is -2.09. The van der Waals surface area contributed by atoms with E-state index < -0.39 is 0 Å². The first kappa shape index (κ1) is 15.3. The molecular formula is C15H16FN3OS. The average molecular weight is 305 g/mol. The molecule has 0 heterocycles. The molecule has 0 aliphatic heterocycles. The molecule has 0 aromatic heterocycles. The van der Waals surface area contributed by atoms with E-state index in [9.17, 15) is 9.18 Å². The zero-order valence-corrected chi connectivity index (χ0v) is 12.1. The first-order valence-electron chi connectivity index (χ1n) is 6.33. The number of nitrogens with two attached hydrogens (primary N) is 2. The molecule has 0 unspecified atom stereocenters. The number of carbonyl (C=O) groups is 1. The number of benzene rings is 2. The van der Waals surface area contributed by atoms with Gasteiger partial charge in [0.05, 0.1) is 6.42 Å². The van der Waals surface area contributed by atoms with Crippen LogP contribution in [0.4, 0.5) is 10.1 Å². The minimum atomic E-state index is -0.353. The molecule has 2 rings (SSSR count). The Balaban J connectivity index is 2.10. The maximum atomic E-state index is 13.3. The topological polar surface area (TPSA) is 81.1 Å². The van der Waals surface area contributed by atoms with Gasteiger partial charge in [-0.15, -0.1) is 11.8 Å². The summed E-state index contributed by atoms with van der Waals surface area (Å²) < 4.78 is 13.3. The molecule has 0 saturated heterocycles. The molecule has 5 N–H and O–H groups in total. The molecule has 0 aliphatic rings. The molecular weight excluding hydrogens is 289 g/mol. The molecule has 6 heteroatoms. The maximum Gasteiger partial charge on any atom is 0.238 e. The van der Waals surface area contributed by atoms with Crippen molar-refractivity contribution < 1.29 is 9.18 Å². The maximum absolute atomic E-state index is 13.3. The van der Waals surface area contributed by atoms with E-state index in [2.05, 4.69) is 5.43 Å². The zero-order chi connectivity index (χ0) is 15.2. The molecule has 1 amide bonds. The Bertz CT molecular complexity index is 628. The second-order valence-corrected chi connectivity index (χ2v) is 5.57. The largest absolute Gasteiger partial charge is 0.399 e. The van der Waals surface area contributed by atoms with Crippen LogP contribution in [0.2, 0.25) is 0 Å². The first-order chi connectivity index (χ1) is 10.1. The summed E-state index contributed by atoms with van der Waals surface area (Å²) in [5.41, 5.74) is 10.0. The van der Waals surface area contributed by atoms with Gasteiger partial charge in [0, 0.05) is 16.3 Å². The van der Waals surface area contributed by atoms with E-state index in [1.807, 2.05) is 24.3 Å². The molecule has 0 fully saturated rings. The summed E-state index contributed by atoms with van der Waals surface area (Å²) in [7, 11) is 0. The molecule has 110 valence electrons. The Kier molecular flexibility index (Phi) is 5.19. The van der Waals surface area contributed by atoms with Crippen molar-refractivity contribution in [3.8, 4) is 0 Å². The van der Waals surface area contributed by atoms with Crippen LogP contribution in [0.5, 0.6) is 0 Å². The molecule has 4 nitrogen and oxygen atoms in total. The fourth-order valence-corrected chi connectivity index (χ4v) is 2.94. The summed E-state index contributed by atoms with van der Waals surface area (Å²) in [6.07, 6.45) is 0.221. The van der Waals surface area contributed by atoms with E-state index in [0.717, 1.165) is 16.0 Å². The van der Waals surface area contributed by atoms with Gasteiger partial charge in [-0.25, -0.2) is 10.2 Å². The molecule has 0 bridgehead atoms. The number of halogens is 1. The van der Waals surface area contributed by atoms with E-state index in [1.165, 1.54) is 23.9 Å². The summed E-state index contributed by atoms with van der Waals surface area (Å²) in [6, 6.07) is 12.0. The van der Waals surface area contributed by atoms with E-state index in [1.54, 1.807) is 6.07 Å². The van der Waals surface area contributed by atoms with Gasteiger partial charge >= 0.3 is 0 Å². The van der Waals surface area contributed by atoms with Crippen molar-refractivity contribution in [2.75, 3.05) is 5.73 Å². The highest BCUT2D eigenvalue weighted by Gasteiger charge is 2.07. The van der Waals surface area contributed by atoms with Crippen LogP contribution in [0, 0.1) is 5.82 Å². The average Bonchev–Trinajstić information content (AvgIpc) is 2.45. The second-order valence-electron chi connectivity index (χ2n) is 4.52. The molecule has 0 aliphatic carbocycles. The SMILES string of the molecule is NNC(=O)Cc1ccccc1CSc1cc(N)cc(F)c1. The number of nitrogens with one attached hydrogen (secondary N) is 1. The van der Waals surface area contributed by atoms with Crippen LogP contribution < -0.4 is 17.0 Å². The van der Waals surface area contributed by atoms with Gasteiger partial charge in [0.2, 0.25) is 5.91 Å². The fourth-order valence-electron chi connectivity index (χ4n) is 1.92. The Hall–Kier alpha value is -2.05. The third kappa shape index (κ3) is 4.47. The van der Waals surface area contributed by atoms with Gasteiger partial charge in [0.25, 0.3) is 0 Å². The third-order valence-corrected chi connectivity index (χ3v) is 3.94. The quantitative estimate of drug-likeness (QED) is 0.260. The van der Waals surface area contributed by atoms with E-state index in [0.29, 0.717) is 11.4 Å². The number of nitrogen functional groups attached to an aromatic ring is 1. The number of carbonyl (C=O) groups excluding carboxylic acids is 1. The predicted molar refractivity (Wildman–Crippen MR) is 82.8 cm³/mol. The minimum Gasteiger partial charge on any atom is -0.399 e. The first-order valence-corrected chi connectivity index (χ1v) is 7.32. The summed E-state index contributed by atoms with van der Waals surface area (Å²) >= 11 is 1.47. The number of thioether (sulfide) groups is 1. The van der Waals surface area contributed by atoms with E-state index in [-0.39, 0.29) is 18.1 Å². The molecule has 2 aromatic rings. The highest BCUT2D eigenvalue weighted by Crippen LogP contribution is 2.27. The lowest BCUT2D eigenvalue weighted by Crippen LogP contribution is -2.31. The summed E-state index contributed by atoms with van der Waals surface area (Å²) in [5.74, 6) is 5.13. The lowest BCUT2D eigenvalue weighted by atomic mass is 10.1. The number of rotatable bonds is 5. The van der Waals surface area contributed by atoms with Gasteiger partial charge in [-0.05, 0) is 29.3 Å². The highest BCUT2D eigenvalue weighted by molar-refractivity contribution is 7.98. The Morgan fingerprint density at radius 2 is 1.90 bits per heavy atom. The summed E-state index contributed by atoms with van der Waals surface area (Å²) in [5, 5.41) is 0.